The molecular weight excluding hydrogens is 336 g/mol. The molecule has 8 nitrogen and oxygen atoms in total. The first-order valence-electron chi connectivity index (χ1n) is 8.91. The van der Waals surface area contributed by atoms with Crippen molar-refractivity contribution in [1.82, 2.24) is 10.3 Å². The van der Waals surface area contributed by atoms with Crippen LogP contribution in [0.2, 0.25) is 0 Å². The molecule has 0 unspecified atom stereocenters. The maximum Gasteiger partial charge on any atom is 0.252 e. The van der Waals surface area contributed by atoms with E-state index in [1.54, 1.807) is 0 Å². The van der Waals surface area contributed by atoms with Crippen LogP contribution in [-0.2, 0) is 22.6 Å². The molecule has 3 aliphatic rings. The lowest BCUT2D eigenvalue weighted by Crippen LogP contribution is -2.57. The Balaban J connectivity index is 1.35. The predicted molar refractivity (Wildman–Crippen MR) is 91.1 cm³/mol. The SMILES string of the molecule is N#Cc1cc2c(nc1NC1CC(O)(CNC(=O)C3(O)CC3)C1)COCC2. The van der Waals surface area contributed by atoms with Crippen LogP contribution < -0.4 is 10.6 Å². The molecule has 2 saturated carbocycles. The molecule has 0 radical (unpaired) electrons. The fourth-order valence-electron chi connectivity index (χ4n) is 3.53. The molecule has 2 aliphatic carbocycles. The Morgan fingerprint density at radius 2 is 2.19 bits per heavy atom. The van der Waals surface area contributed by atoms with Crippen LogP contribution in [-0.4, -0.2) is 51.5 Å². The van der Waals surface area contributed by atoms with E-state index in [9.17, 15) is 20.3 Å². The van der Waals surface area contributed by atoms with E-state index in [0.29, 0.717) is 50.3 Å². The summed E-state index contributed by atoms with van der Waals surface area (Å²) in [7, 11) is 0. The molecule has 138 valence electrons. The third kappa shape index (κ3) is 3.26. The first kappa shape index (κ1) is 17.2. The summed E-state index contributed by atoms with van der Waals surface area (Å²) in [5, 5.41) is 35.4. The quantitative estimate of drug-likeness (QED) is 0.582. The number of pyridine rings is 1. The minimum atomic E-state index is -1.23. The molecular formula is C18H22N4O4. The molecule has 4 rings (SSSR count). The van der Waals surface area contributed by atoms with Crippen molar-refractivity contribution in [2.45, 2.75) is 56.0 Å². The van der Waals surface area contributed by atoms with Gasteiger partial charge in [-0.25, -0.2) is 4.98 Å². The van der Waals surface area contributed by atoms with Gasteiger partial charge in [0.15, 0.2) is 0 Å². The lowest BCUT2D eigenvalue weighted by molar-refractivity contribution is -0.133. The number of amides is 1. The van der Waals surface area contributed by atoms with Gasteiger partial charge in [-0.05, 0) is 43.7 Å². The van der Waals surface area contributed by atoms with Crippen molar-refractivity contribution in [2.75, 3.05) is 18.5 Å². The number of carbonyl (C=O) groups is 1. The van der Waals surface area contributed by atoms with Gasteiger partial charge in [0.2, 0.25) is 0 Å². The van der Waals surface area contributed by atoms with E-state index in [-0.39, 0.29) is 12.6 Å². The number of hydrogen-bond donors (Lipinski definition) is 4. The molecule has 8 heteroatoms. The molecule has 0 bridgehead atoms. The van der Waals surface area contributed by atoms with E-state index >= 15 is 0 Å². The van der Waals surface area contributed by atoms with Crippen molar-refractivity contribution < 1.29 is 19.7 Å². The zero-order valence-corrected chi connectivity index (χ0v) is 14.4. The third-order valence-corrected chi connectivity index (χ3v) is 5.38. The van der Waals surface area contributed by atoms with E-state index < -0.39 is 17.1 Å². The van der Waals surface area contributed by atoms with Crippen LogP contribution in [0.25, 0.3) is 0 Å². The first-order valence-corrected chi connectivity index (χ1v) is 8.91. The topological polar surface area (TPSA) is 128 Å². The average Bonchev–Trinajstić information content (AvgIpc) is 3.36. The number of aromatic nitrogens is 1. The summed E-state index contributed by atoms with van der Waals surface area (Å²) < 4.78 is 5.42. The van der Waals surface area contributed by atoms with Gasteiger partial charge in [-0.15, -0.1) is 0 Å². The first-order chi connectivity index (χ1) is 12.4. The van der Waals surface area contributed by atoms with Gasteiger partial charge >= 0.3 is 0 Å². The average molecular weight is 358 g/mol. The molecule has 1 aliphatic heterocycles. The van der Waals surface area contributed by atoms with Crippen molar-refractivity contribution in [3.8, 4) is 6.07 Å². The number of anilines is 1. The smallest absolute Gasteiger partial charge is 0.252 e. The molecule has 1 aromatic rings. The van der Waals surface area contributed by atoms with Crippen molar-refractivity contribution >= 4 is 11.7 Å². The monoisotopic (exact) mass is 358 g/mol. The number of fused-ring (bicyclic) bond motifs is 1. The Bertz CT molecular complexity index is 778. The van der Waals surface area contributed by atoms with Crippen LogP contribution in [0.3, 0.4) is 0 Å². The second-order valence-electron chi connectivity index (χ2n) is 7.59. The Hall–Kier alpha value is -2.21. The van der Waals surface area contributed by atoms with Crippen molar-refractivity contribution in [3.63, 3.8) is 0 Å². The van der Waals surface area contributed by atoms with E-state index in [1.807, 2.05) is 6.07 Å². The van der Waals surface area contributed by atoms with Gasteiger partial charge in [-0.2, -0.15) is 5.26 Å². The van der Waals surface area contributed by atoms with Crippen LogP contribution >= 0.6 is 0 Å². The van der Waals surface area contributed by atoms with Crippen LogP contribution in [0.1, 0.15) is 42.5 Å². The second-order valence-corrected chi connectivity index (χ2v) is 7.59. The van der Waals surface area contributed by atoms with E-state index in [1.165, 1.54) is 0 Å². The molecule has 2 fully saturated rings. The number of ether oxygens (including phenoxy) is 1. The molecule has 1 amide bonds. The minimum absolute atomic E-state index is 0.0249. The summed E-state index contributed by atoms with van der Waals surface area (Å²) in [5.41, 5.74) is 0.156. The molecule has 1 aromatic heterocycles. The highest BCUT2D eigenvalue weighted by atomic mass is 16.5. The van der Waals surface area contributed by atoms with Crippen molar-refractivity contribution in [3.05, 3.63) is 22.9 Å². The van der Waals surface area contributed by atoms with E-state index in [0.717, 1.165) is 17.7 Å². The third-order valence-electron chi connectivity index (χ3n) is 5.38. The molecule has 4 N–H and O–H groups in total. The molecule has 2 heterocycles. The van der Waals surface area contributed by atoms with Gasteiger partial charge in [0.05, 0.1) is 30.1 Å². The van der Waals surface area contributed by atoms with Crippen molar-refractivity contribution in [1.29, 1.82) is 5.26 Å². The number of nitrogens with zero attached hydrogens (tertiary/aromatic N) is 2. The minimum Gasteiger partial charge on any atom is -0.388 e. The maximum atomic E-state index is 11.8. The Morgan fingerprint density at radius 3 is 2.88 bits per heavy atom. The lowest BCUT2D eigenvalue weighted by Gasteiger charge is -2.44. The number of nitriles is 1. The van der Waals surface area contributed by atoms with E-state index in [2.05, 4.69) is 21.7 Å². The Labute approximate surface area is 151 Å². The summed E-state index contributed by atoms with van der Waals surface area (Å²) in [6, 6.07) is 4.00. The summed E-state index contributed by atoms with van der Waals surface area (Å²) in [4.78, 5) is 16.3. The highest BCUT2D eigenvalue weighted by Gasteiger charge is 2.49. The fourth-order valence-corrected chi connectivity index (χ4v) is 3.53. The number of rotatable bonds is 5. The van der Waals surface area contributed by atoms with Gasteiger partial charge in [-0.3, -0.25) is 4.79 Å². The fraction of sp³-hybridized carbons (Fsp3) is 0.611. The van der Waals surface area contributed by atoms with Crippen LogP contribution in [0.4, 0.5) is 5.82 Å². The molecule has 0 atom stereocenters. The zero-order chi connectivity index (χ0) is 18.4. The summed E-state index contributed by atoms with van der Waals surface area (Å²) >= 11 is 0. The number of carbonyl (C=O) groups excluding carboxylic acids is 1. The Morgan fingerprint density at radius 1 is 1.42 bits per heavy atom. The highest BCUT2D eigenvalue weighted by Crippen LogP contribution is 2.37. The van der Waals surface area contributed by atoms with Gasteiger partial charge in [0.25, 0.3) is 5.91 Å². The number of nitrogens with one attached hydrogen (secondary N) is 2. The van der Waals surface area contributed by atoms with E-state index in [4.69, 9.17) is 4.74 Å². The largest absolute Gasteiger partial charge is 0.388 e. The van der Waals surface area contributed by atoms with Gasteiger partial charge < -0.3 is 25.6 Å². The maximum absolute atomic E-state index is 11.8. The highest BCUT2D eigenvalue weighted by molar-refractivity contribution is 5.87. The lowest BCUT2D eigenvalue weighted by atomic mass is 9.75. The predicted octanol–water partition coefficient (Wildman–Crippen LogP) is -0.0275. The van der Waals surface area contributed by atoms with Gasteiger partial charge in [-0.1, -0.05) is 0 Å². The summed E-state index contributed by atoms with van der Waals surface area (Å²) in [6.45, 7) is 1.20. The number of aliphatic hydroxyl groups is 2. The Kier molecular flexibility index (Phi) is 4.10. The molecule has 0 spiro atoms. The summed E-state index contributed by atoms with van der Waals surface area (Å²) in [5.74, 6) is 0.102. The molecule has 0 saturated heterocycles. The zero-order valence-electron chi connectivity index (χ0n) is 14.4. The summed E-state index contributed by atoms with van der Waals surface area (Å²) in [6.07, 6.45) is 2.59. The second kappa shape index (κ2) is 6.20. The van der Waals surface area contributed by atoms with Crippen LogP contribution in [0, 0.1) is 11.3 Å². The molecule has 26 heavy (non-hydrogen) atoms. The van der Waals surface area contributed by atoms with Crippen LogP contribution in [0.15, 0.2) is 6.07 Å². The normalized spacial score (nSPS) is 28.3. The standard InChI is InChI=1S/C18H22N4O4/c19-8-12-5-11-1-4-26-9-14(11)22-15(12)21-13-6-17(24,7-13)10-20-16(23)18(25)2-3-18/h5,13,24-25H,1-4,6-7,9-10H2,(H,20,23)(H,21,22). The van der Waals surface area contributed by atoms with Gasteiger partial charge in [0, 0.05) is 12.6 Å². The van der Waals surface area contributed by atoms with Crippen LogP contribution in [0.5, 0.6) is 0 Å². The van der Waals surface area contributed by atoms with Gasteiger partial charge in [0.1, 0.15) is 17.5 Å². The van der Waals surface area contributed by atoms with Crippen molar-refractivity contribution in [2.24, 2.45) is 0 Å². The molecule has 0 aromatic carbocycles. The number of hydrogen-bond acceptors (Lipinski definition) is 7.